The summed E-state index contributed by atoms with van der Waals surface area (Å²) in [5.41, 5.74) is 7.17. The van der Waals surface area contributed by atoms with Gasteiger partial charge in [-0.1, -0.05) is 6.42 Å². The van der Waals surface area contributed by atoms with Gasteiger partial charge in [-0.05, 0) is 44.1 Å². The molecule has 0 atom stereocenters. The third kappa shape index (κ3) is 2.52. The van der Waals surface area contributed by atoms with Crippen molar-refractivity contribution in [2.75, 3.05) is 5.32 Å². The van der Waals surface area contributed by atoms with E-state index in [1.54, 1.807) is 11.3 Å². The molecule has 0 aliphatic heterocycles. The number of primary amides is 1. The minimum atomic E-state index is -0.412. The predicted octanol–water partition coefficient (Wildman–Crippen LogP) is 2.46. The smallest absolute Gasteiger partial charge is 0.251 e. The van der Waals surface area contributed by atoms with Crippen molar-refractivity contribution in [3.05, 3.63) is 16.0 Å². The molecule has 1 saturated carbocycles. The molecule has 4 nitrogen and oxygen atoms in total. The Morgan fingerprint density at radius 3 is 2.58 bits per heavy atom. The summed E-state index contributed by atoms with van der Waals surface area (Å²) in [7, 11) is 0. The maximum Gasteiger partial charge on any atom is 0.251 e. The number of carbonyl (C=O) groups excluding carboxylic acids is 2. The second-order valence-electron chi connectivity index (χ2n) is 5.40. The van der Waals surface area contributed by atoms with E-state index in [0.717, 1.165) is 44.1 Å². The van der Waals surface area contributed by atoms with Gasteiger partial charge in [0.1, 0.15) is 5.00 Å². The van der Waals surface area contributed by atoms with Crippen LogP contribution in [-0.2, 0) is 17.6 Å². The summed E-state index contributed by atoms with van der Waals surface area (Å²) in [6.45, 7) is 0. The lowest BCUT2D eigenvalue weighted by molar-refractivity contribution is -0.117. The fourth-order valence-corrected chi connectivity index (χ4v) is 3.95. The standard InChI is InChI=1S/C14H18N2O2S/c15-12(17)11-9-4-2-1-3-5-10(9)19-14(11)16-13(18)8-6-7-8/h8H,1-7H2,(H2,15,17)(H,16,18). The van der Waals surface area contributed by atoms with Crippen LogP contribution in [0, 0.1) is 5.92 Å². The maximum absolute atomic E-state index is 11.9. The molecule has 102 valence electrons. The molecule has 2 aliphatic carbocycles. The Labute approximate surface area is 116 Å². The van der Waals surface area contributed by atoms with Crippen LogP contribution in [-0.4, -0.2) is 11.8 Å². The third-order valence-corrected chi connectivity index (χ3v) is 5.06. The van der Waals surface area contributed by atoms with Gasteiger partial charge in [0.15, 0.2) is 0 Å². The molecule has 5 heteroatoms. The van der Waals surface area contributed by atoms with E-state index in [-0.39, 0.29) is 11.8 Å². The Bertz CT molecular complexity index is 532. The molecular formula is C14H18N2O2S. The van der Waals surface area contributed by atoms with Crippen molar-refractivity contribution in [1.82, 2.24) is 0 Å². The normalized spacial score (nSPS) is 18.5. The average Bonchev–Trinajstić information content (AvgIpc) is 3.15. The van der Waals surface area contributed by atoms with E-state index in [1.807, 2.05) is 0 Å². The number of nitrogens with two attached hydrogens (primary N) is 1. The second kappa shape index (κ2) is 4.96. The number of hydrogen-bond acceptors (Lipinski definition) is 3. The lowest BCUT2D eigenvalue weighted by Crippen LogP contribution is -2.18. The molecule has 1 aromatic heterocycles. The summed E-state index contributed by atoms with van der Waals surface area (Å²) in [5, 5.41) is 3.59. The highest BCUT2D eigenvalue weighted by Crippen LogP contribution is 2.38. The van der Waals surface area contributed by atoms with Gasteiger partial charge in [-0.2, -0.15) is 0 Å². The molecule has 1 heterocycles. The lowest BCUT2D eigenvalue weighted by atomic mass is 10.1. The number of nitrogens with one attached hydrogen (secondary N) is 1. The highest BCUT2D eigenvalue weighted by molar-refractivity contribution is 7.17. The van der Waals surface area contributed by atoms with Crippen molar-refractivity contribution in [2.45, 2.75) is 44.9 Å². The molecule has 0 unspecified atom stereocenters. The van der Waals surface area contributed by atoms with Gasteiger partial charge < -0.3 is 11.1 Å². The van der Waals surface area contributed by atoms with Crippen molar-refractivity contribution in [2.24, 2.45) is 11.7 Å². The number of anilines is 1. The van der Waals surface area contributed by atoms with Crippen LogP contribution >= 0.6 is 11.3 Å². The van der Waals surface area contributed by atoms with E-state index in [1.165, 1.54) is 11.3 Å². The number of fused-ring (bicyclic) bond motifs is 1. The van der Waals surface area contributed by atoms with E-state index in [4.69, 9.17) is 5.73 Å². The van der Waals surface area contributed by atoms with Crippen molar-refractivity contribution in [3.8, 4) is 0 Å². The largest absolute Gasteiger partial charge is 0.365 e. The molecule has 1 aromatic rings. The van der Waals surface area contributed by atoms with Gasteiger partial charge in [0, 0.05) is 10.8 Å². The summed E-state index contributed by atoms with van der Waals surface area (Å²) >= 11 is 1.54. The van der Waals surface area contributed by atoms with Crippen LogP contribution < -0.4 is 11.1 Å². The molecule has 0 bridgehead atoms. The lowest BCUT2D eigenvalue weighted by Gasteiger charge is -2.05. The topological polar surface area (TPSA) is 72.2 Å². The van der Waals surface area contributed by atoms with E-state index in [0.29, 0.717) is 10.6 Å². The first-order chi connectivity index (χ1) is 9.16. The Morgan fingerprint density at radius 1 is 1.16 bits per heavy atom. The third-order valence-electron chi connectivity index (χ3n) is 3.85. The zero-order chi connectivity index (χ0) is 13.4. The van der Waals surface area contributed by atoms with Crippen LogP contribution in [0.4, 0.5) is 5.00 Å². The number of amides is 2. The fraction of sp³-hybridized carbons (Fsp3) is 0.571. The van der Waals surface area contributed by atoms with E-state index < -0.39 is 5.91 Å². The maximum atomic E-state index is 11.9. The number of aryl methyl sites for hydroxylation is 1. The monoisotopic (exact) mass is 278 g/mol. The number of carbonyl (C=O) groups is 2. The number of thiophene rings is 1. The molecule has 1 fully saturated rings. The highest BCUT2D eigenvalue weighted by Gasteiger charge is 2.32. The summed E-state index contributed by atoms with van der Waals surface area (Å²) in [6, 6.07) is 0. The van der Waals surface area contributed by atoms with E-state index in [9.17, 15) is 9.59 Å². The van der Waals surface area contributed by atoms with E-state index in [2.05, 4.69) is 5.32 Å². The molecule has 0 aromatic carbocycles. The fourth-order valence-electron chi connectivity index (χ4n) is 2.65. The molecular weight excluding hydrogens is 260 g/mol. The van der Waals surface area contributed by atoms with Crippen LogP contribution in [0.25, 0.3) is 0 Å². The average molecular weight is 278 g/mol. The van der Waals surface area contributed by atoms with Crippen LogP contribution in [0.3, 0.4) is 0 Å². The summed E-state index contributed by atoms with van der Waals surface area (Å²) in [6.07, 6.45) is 7.28. The Morgan fingerprint density at radius 2 is 1.89 bits per heavy atom. The molecule has 0 radical (unpaired) electrons. The second-order valence-corrected chi connectivity index (χ2v) is 6.50. The number of rotatable bonds is 3. The SMILES string of the molecule is NC(=O)c1c(NC(=O)C2CC2)sc2c1CCCCC2. The Kier molecular flexibility index (Phi) is 3.31. The van der Waals surface area contributed by atoms with Gasteiger partial charge in [0.05, 0.1) is 5.56 Å². The summed E-state index contributed by atoms with van der Waals surface area (Å²) in [4.78, 5) is 24.8. The van der Waals surface area contributed by atoms with Gasteiger partial charge in [0.25, 0.3) is 5.91 Å². The van der Waals surface area contributed by atoms with Gasteiger partial charge in [0.2, 0.25) is 5.91 Å². The van der Waals surface area contributed by atoms with E-state index >= 15 is 0 Å². The first-order valence-electron chi connectivity index (χ1n) is 6.92. The van der Waals surface area contributed by atoms with Crippen molar-refractivity contribution in [1.29, 1.82) is 0 Å². The van der Waals surface area contributed by atoms with Crippen LogP contribution in [0.15, 0.2) is 0 Å². The van der Waals surface area contributed by atoms with Crippen molar-refractivity contribution >= 4 is 28.2 Å². The van der Waals surface area contributed by atoms with Gasteiger partial charge >= 0.3 is 0 Å². The van der Waals surface area contributed by atoms with Gasteiger partial charge in [-0.15, -0.1) is 11.3 Å². The first kappa shape index (κ1) is 12.7. The minimum Gasteiger partial charge on any atom is -0.365 e. The van der Waals surface area contributed by atoms with Crippen LogP contribution in [0.2, 0.25) is 0 Å². The molecule has 0 spiro atoms. The quantitative estimate of drug-likeness (QED) is 0.834. The Hall–Kier alpha value is -1.36. The molecule has 3 N–H and O–H groups in total. The molecule has 2 aliphatic rings. The minimum absolute atomic E-state index is 0.0407. The van der Waals surface area contributed by atoms with Gasteiger partial charge in [-0.25, -0.2) is 0 Å². The molecule has 2 amide bonds. The van der Waals surface area contributed by atoms with Crippen LogP contribution in [0.1, 0.15) is 52.9 Å². The first-order valence-corrected chi connectivity index (χ1v) is 7.73. The highest BCUT2D eigenvalue weighted by atomic mass is 32.1. The van der Waals surface area contributed by atoms with Crippen molar-refractivity contribution < 1.29 is 9.59 Å². The molecule has 0 saturated heterocycles. The zero-order valence-electron chi connectivity index (χ0n) is 10.8. The van der Waals surface area contributed by atoms with Gasteiger partial charge in [-0.3, -0.25) is 9.59 Å². The van der Waals surface area contributed by atoms with Crippen LogP contribution in [0.5, 0.6) is 0 Å². The molecule has 3 rings (SSSR count). The predicted molar refractivity (Wildman–Crippen MR) is 75.4 cm³/mol. The molecule has 19 heavy (non-hydrogen) atoms. The number of hydrogen-bond donors (Lipinski definition) is 2. The zero-order valence-corrected chi connectivity index (χ0v) is 11.6. The van der Waals surface area contributed by atoms with Crippen molar-refractivity contribution in [3.63, 3.8) is 0 Å². The Balaban J connectivity index is 1.93. The summed E-state index contributed by atoms with van der Waals surface area (Å²) < 4.78 is 0. The summed E-state index contributed by atoms with van der Waals surface area (Å²) in [5.74, 6) is -0.230.